The highest BCUT2D eigenvalue weighted by Gasteiger charge is 2.51. The second-order valence-electron chi connectivity index (χ2n) is 17.8. The number of anilines is 4. The van der Waals surface area contributed by atoms with E-state index in [4.69, 9.17) is 16.3 Å². The molecule has 1 unspecified atom stereocenters. The second kappa shape index (κ2) is 15.9. The summed E-state index contributed by atoms with van der Waals surface area (Å²) in [6, 6.07) is 7.33. The van der Waals surface area contributed by atoms with Gasteiger partial charge in [-0.2, -0.15) is 10.1 Å². The van der Waals surface area contributed by atoms with Crippen LogP contribution in [0.15, 0.2) is 41.3 Å². The molecule has 7 heterocycles. The van der Waals surface area contributed by atoms with E-state index >= 15 is 17.6 Å². The van der Waals surface area contributed by atoms with Crippen molar-refractivity contribution in [2.24, 2.45) is 25.9 Å². The lowest BCUT2D eigenvalue weighted by atomic mass is 9.86. The first-order valence-corrected chi connectivity index (χ1v) is 21.9. The van der Waals surface area contributed by atoms with Crippen LogP contribution in [0.4, 0.5) is 40.7 Å². The molecule has 14 nitrogen and oxygen atoms in total. The van der Waals surface area contributed by atoms with Crippen molar-refractivity contribution in [3.63, 3.8) is 0 Å². The zero-order valence-electron chi connectivity index (χ0n) is 34.8. The molecule has 332 valence electrons. The molecule has 4 fully saturated rings. The predicted octanol–water partition coefficient (Wildman–Crippen LogP) is 6.53. The number of nitrogens with zero attached hydrogens (tertiary/aromatic N) is 7. The molecule has 0 spiro atoms. The topological polar surface area (TPSA) is 152 Å². The van der Waals surface area contributed by atoms with Crippen molar-refractivity contribution in [3.05, 3.63) is 69.0 Å². The molecule has 0 radical (unpaired) electrons. The van der Waals surface area contributed by atoms with Gasteiger partial charge in [-0.3, -0.25) is 24.4 Å². The fourth-order valence-corrected chi connectivity index (χ4v) is 10.1. The Morgan fingerprint density at radius 1 is 0.984 bits per heavy atom. The quantitative estimate of drug-likeness (QED) is 0.115. The van der Waals surface area contributed by atoms with E-state index in [2.05, 4.69) is 35.9 Å². The van der Waals surface area contributed by atoms with Crippen molar-refractivity contribution in [2.45, 2.75) is 74.9 Å². The van der Waals surface area contributed by atoms with Gasteiger partial charge in [0.1, 0.15) is 17.0 Å². The van der Waals surface area contributed by atoms with Crippen molar-refractivity contribution in [3.8, 4) is 5.75 Å². The number of carbonyl (C=O) groups excluding carboxylic acids is 2. The number of amides is 2. The molecule has 10 rings (SSSR count). The number of alkyl halides is 3. The van der Waals surface area contributed by atoms with Gasteiger partial charge >= 0.3 is 5.92 Å². The molecule has 0 bridgehead atoms. The molecule has 1 aliphatic carbocycles. The lowest BCUT2D eigenvalue weighted by molar-refractivity contribution is -0.134. The van der Waals surface area contributed by atoms with Crippen LogP contribution in [-0.2, 0) is 23.7 Å². The Morgan fingerprint density at radius 3 is 2.52 bits per heavy atom. The summed E-state index contributed by atoms with van der Waals surface area (Å²) >= 11 is 6.57. The zero-order chi connectivity index (χ0) is 43.9. The third kappa shape index (κ3) is 7.72. The minimum Gasteiger partial charge on any atom is -0.480 e. The first kappa shape index (κ1) is 41.5. The molecule has 5 aromatic rings. The van der Waals surface area contributed by atoms with Gasteiger partial charge in [0, 0.05) is 56.0 Å². The molecule has 4 aliphatic heterocycles. The van der Waals surface area contributed by atoms with Crippen LogP contribution in [0.25, 0.3) is 21.8 Å². The van der Waals surface area contributed by atoms with Gasteiger partial charge in [-0.05, 0) is 99.3 Å². The normalized spacial score (nSPS) is 24.5. The molecule has 3 aromatic heterocycles. The Morgan fingerprint density at radius 2 is 1.78 bits per heavy atom. The number of likely N-dealkylation sites (tertiary alicyclic amines) is 1. The Bertz CT molecular complexity index is 2720. The molecular weight excluding hydrogens is 844 g/mol. The molecule has 1 saturated carbocycles. The van der Waals surface area contributed by atoms with E-state index in [1.165, 1.54) is 16.8 Å². The number of hydrogen-bond donors (Lipinski definition) is 3. The number of hydrogen-bond acceptors (Lipinski definition) is 11. The number of rotatable bonds is 8. The number of ether oxygens (including phenoxy) is 1. The number of fused-ring (bicyclic) bond motifs is 4. The van der Waals surface area contributed by atoms with Gasteiger partial charge in [0.05, 0.1) is 47.1 Å². The minimum absolute atomic E-state index is 0.0240. The number of pyridine rings is 1. The number of halogens is 5. The fraction of sp³-hybridized carbons (Fsp3) is 0.500. The zero-order valence-corrected chi connectivity index (χ0v) is 35.5. The van der Waals surface area contributed by atoms with Crippen LogP contribution in [-0.4, -0.2) is 98.5 Å². The van der Waals surface area contributed by atoms with E-state index in [0.29, 0.717) is 104 Å². The monoisotopic (exact) mass is 890 g/mol. The van der Waals surface area contributed by atoms with Gasteiger partial charge in [0.25, 0.3) is 5.56 Å². The maximum absolute atomic E-state index is 16.0. The lowest BCUT2D eigenvalue weighted by Gasteiger charge is -2.39. The number of nitrogens with one attached hydrogen (secondary N) is 3. The highest BCUT2D eigenvalue weighted by atomic mass is 35.5. The van der Waals surface area contributed by atoms with Gasteiger partial charge in [-0.15, -0.1) is 0 Å². The first-order chi connectivity index (χ1) is 30.2. The fourth-order valence-electron chi connectivity index (χ4n) is 9.96. The van der Waals surface area contributed by atoms with Crippen molar-refractivity contribution in [1.29, 1.82) is 0 Å². The number of imide groups is 1. The Kier molecular flexibility index (Phi) is 10.5. The Balaban J connectivity index is 0.784. The summed E-state index contributed by atoms with van der Waals surface area (Å²) in [4.78, 5) is 50.7. The Hall–Kier alpha value is -5.49. The SMILES string of the molecule is Cn1nc(C2CCC(=O)NC2=O)c2cc(F)c(C3CCN(C[C@H]4CCN(c5ncc(Cl)c(Nc6ccc7c(c6)c6c(c(=O)n7C)OCC(F)(F)[C@H](C7CC7)N6)n5)C[C@H]4F)CC3)cc21. The molecule has 5 aliphatic rings. The van der Waals surface area contributed by atoms with Crippen LogP contribution in [0.2, 0.25) is 5.02 Å². The van der Waals surface area contributed by atoms with Crippen molar-refractivity contribution < 1.29 is 31.9 Å². The van der Waals surface area contributed by atoms with E-state index in [-0.39, 0.29) is 64.7 Å². The number of carbonyl (C=O) groups is 2. The van der Waals surface area contributed by atoms with Crippen molar-refractivity contribution in [2.75, 3.05) is 54.9 Å². The largest absolute Gasteiger partial charge is 0.480 e. The molecule has 4 atom stereocenters. The van der Waals surface area contributed by atoms with Crippen LogP contribution in [0.1, 0.15) is 68.0 Å². The summed E-state index contributed by atoms with van der Waals surface area (Å²) < 4.78 is 70.6. The highest BCUT2D eigenvalue weighted by Crippen LogP contribution is 2.46. The van der Waals surface area contributed by atoms with E-state index < -0.39 is 42.1 Å². The molecule has 3 N–H and O–H groups in total. The maximum Gasteiger partial charge on any atom is 0.301 e. The van der Waals surface area contributed by atoms with E-state index in [1.807, 2.05) is 6.07 Å². The third-order valence-electron chi connectivity index (χ3n) is 13.7. The molecule has 2 amide bonds. The lowest BCUT2D eigenvalue weighted by Crippen LogP contribution is -2.47. The van der Waals surface area contributed by atoms with Gasteiger partial charge in [-0.1, -0.05) is 11.6 Å². The van der Waals surface area contributed by atoms with Gasteiger partial charge in [0.2, 0.25) is 23.5 Å². The summed E-state index contributed by atoms with van der Waals surface area (Å²) in [5.41, 5.74) is 2.58. The highest BCUT2D eigenvalue weighted by molar-refractivity contribution is 6.33. The van der Waals surface area contributed by atoms with E-state index in [0.717, 1.165) is 5.52 Å². The standard InChI is InChI=1S/C44H47ClF4N10O4/c1-56-33-7-5-25(15-28(33)37-38(42(56)62)63-21-44(48,49)39(53-37)23-3-4-23)51-40-30(45)18-50-43(54-40)59-14-11-24(32(47)20-59)19-58-12-9-22(10-13-58)27-17-34-29(16-31(27)46)36(55-57(34)2)26-6-8-35(60)52-41(26)61/h5,7,15-18,22-24,26,32,39,53H,3-4,6,8-14,19-21H2,1-2H3,(H,50,51,54)(H,52,60,61)/t24-,26?,32-,39+/m1/s1. The summed E-state index contributed by atoms with van der Waals surface area (Å²) in [6.07, 6.45) is 4.17. The minimum atomic E-state index is -3.17. The molecule has 19 heteroatoms. The molecule has 2 aromatic carbocycles. The molecular formula is C44H47ClF4N10O4. The Labute approximate surface area is 364 Å². The average molecular weight is 891 g/mol. The van der Waals surface area contributed by atoms with Gasteiger partial charge < -0.3 is 29.7 Å². The summed E-state index contributed by atoms with van der Waals surface area (Å²) in [5, 5.41) is 14.5. The summed E-state index contributed by atoms with van der Waals surface area (Å²) in [7, 11) is 3.34. The molecule has 3 saturated heterocycles. The maximum atomic E-state index is 16.0. The van der Waals surface area contributed by atoms with Gasteiger partial charge in [-0.25, -0.2) is 22.5 Å². The second-order valence-corrected chi connectivity index (χ2v) is 18.2. The van der Waals surface area contributed by atoms with Gasteiger partial charge in [0.15, 0.2) is 12.4 Å². The third-order valence-corrected chi connectivity index (χ3v) is 13.9. The summed E-state index contributed by atoms with van der Waals surface area (Å²) in [5.74, 6) is -4.88. The molecule has 63 heavy (non-hydrogen) atoms. The van der Waals surface area contributed by atoms with Crippen LogP contribution in [0.3, 0.4) is 0 Å². The number of aromatic nitrogens is 5. The van der Waals surface area contributed by atoms with E-state index in [1.54, 1.807) is 41.9 Å². The average Bonchev–Trinajstić information content (AvgIpc) is 4.07. The van der Waals surface area contributed by atoms with Crippen LogP contribution in [0.5, 0.6) is 5.75 Å². The number of aryl methyl sites for hydroxylation is 2. The van der Waals surface area contributed by atoms with E-state index in [9.17, 15) is 14.4 Å². The summed E-state index contributed by atoms with van der Waals surface area (Å²) in [6.45, 7) is 1.69. The number of benzene rings is 2. The number of piperidine rings is 3. The predicted molar refractivity (Wildman–Crippen MR) is 230 cm³/mol. The van der Waals surface area contributed by atoms with Crippen LogP contribution in [0, 0.1) is 17.7 Å². The van der Waals surface area contributed by atoms with Crippen LogP contribution < -0.4 is 31.1 Å². The smallest absolute Gasteiger partial charge is 0.301 e. The van der Waals surface area contributed by atoms with Crippen molar-refractivity contribution >= 4 is 68.4 Å². The van der Waals surface area contributed by atoms with Crippen molar-refractivity contribution in [1.82, 2.24) is 34.5 Å². The first-order valence-electron chi connectivity index (χ1n) is 21.6. The van der Waals surface area contributed by atoms with Crippen LogP contribution >= 0.6 is 11.6 Å².